The second kappa shape index (κ2) is 7.53. The molecule has 1 aromatic rings. The molecule has 0 saturated carbocycles. The number of rotatable bonds is 6. The van der Waals surface area contributed by atoms with E-state index in [2.05, 4.69) is 10.6 Å². The standard InChI is InChI=1S/C11H16N2O3/c14-8-4-7-12-11(15)13-9-16-10-5-2-1-3-6-10/h1-3,5-6,14H,4,7-9H2,(H2,12,13,15). The summed E-state index contributed by atoms with van der Waals surface area (Å²) in [6.07, 6.45) is 0.549. The van der Waals surface area contributed by atoms with Gasteiger partial charge in [-0.15, -0.1) is 0 Å². The number of aliphatic hydroxyl groups excluding tert-OH is 1. The highest BCUT2D eigenvalue weighted by Crippen LogP contribution is 2.06. The number of benzene rings is 1. The quantitative estimate of drug-likeness (QED) is 0.492. The zero-order chi connectivity index (χ0) is 11.6. The molecule has 0 atom stereocenters. The van der Waals surface area contributed by atoms with Gasteiger partial charge in [-0.2, -0.15) is 0 Å². The predicted octanol–water partition coefficient (Wildman–Crippen LogP) is 0.704. The van der Waals surface area contributed by atoms with E-state index in [-0.39, 0.29) is 19.4 Å². The van der Waals surface area contributed by atoms with Crippen LogP contribution >= 0.6 is 0 Å². The van der Waals surface area contributed by atoms with E-state index >= 15 is 0 Å². The summed E-state index contributed by atoms with van der Waals surface area (Å²) >= 11 is 0. The molecule has 0 fully saturated rings. The molecule has 0 unspecified atom stereocenters. The van der Waals surface area contributed by atoms with E-state index in [0.29, 0.717) is 18.7 Å². The van der Waals surface area contributed by atoms with Gasteiger partial charge in [-0.3, -0.25) is 0 Å². The highest BCUT2D eigenvalue weighted by atomic mass is 16.5. The molecular weight excluding hydrogens is 208 g/mol. The lowest BCUT2D eigenvalue weighted by Gasteiger charge is -2.08. The molecule has 2 amide bonds. The molecule has 0 saturated heterocycles. The highest BCUT2D eigenvalue weighted by molar-refractivity contribution is 5.73. The smallest absolute Gasteiger partial charge is 0.317 e. The van der Waals surface area contributed by atoms with E-state index in [9.17, 15) is 4.79 Å². The highest BCUT2D eigenvalue weighted by Gasteiger charge is 1.98. The van der Waals surface area contributed by atoms with Gasteiger partial charge in [-0.25, -0.2) is 4.79 Å². The number of carbonyl (C=O) groups excluding carboxylic acids is 1. The first-order valence-corrected chi connectivity index (χ1v) is 5.13. The number of ether oxygens (including phenoxy) is 1. The van der Waals surface area contributed by atoms with Crippen LogP contribution in [0.1, 0.15) is 6.42 Å². The predicted molar refractivity (Wildman–Crippen MR) is 60.2 cm³/mol. The molecule has 0 bridgehead atoms. The van der Waals surface area contributed by atoms with Gasteiger partial charge in [0.25, 0.3) is 0 Å². The molecule has 5 heteroatoms. The Labute approximate surface area is 94.4 Å². The SMILES string of the molecule is O=C(NCCCO)NCOc1ccccc1. The maximum Gasteiger partial charge on any atom is 0.317 e. The maximum atomic E-state index is 11.1. The zero-order valence-corrected chi connectivity index (χ0v) is 8.98. The van der Waals surface area contributed by atoms with Crippen molar-refractivity contribution < 1.29 is 14.6 Å². The number of para-hydroxylation sites is 1. The van der Waals surface area contributed by atoms with Crippen molar-refractivity contribution in [1.82, 2.24) is 10.6 Å². The van der Waals surface area contributed by atoms with Crippen molar-refractivity contribution in [2.24, 2.45) is 0 Å². The Morgan fingerprint density at radius 1 is 1.25 bits per heavy atom. The minimum Gasteiger partial charge on any atom is -0.473 e. The largest absolute Gasteiger partial charge is 0.473 e. The van der Waals surface area contributed by atoms with Crippen LogP contribution in [0.5, 0.6) is 5.75 Å². The van der Waals surface area contributed by atoms with Crippen molar-refractivity contribution in [3.8, 4) is 5.75 Å². The Bertz CT molecular complexity index is 303. The van der Waals surface area contributed by atoms with Gasteiger partial charge in [-0.1, -0.05) is 18.2 Å². The van der Waals surface area contributed by atoms with E-state index in [1.54, 1.807) is 0 Å². The summed E-state index contributed by atoms with van der Waals surface area (Å²) in [4.78, 5) is 11.1. The fourth-order valence-corrected chi connectivity index (χ4v) is 1.05. The van der Waals surface area contributed by atoms with Crippen LogP contribution in [0.25, 0.3) is 0 Å². The molecule has 0 spiro atoms. The average molecular weight is 224 g/mol. The Morgan fingerprint density at radius 2 is 2.00 bits per heavy atom. The van der Waals surface area contributed by atoms with Gasteiger partial charge in [0.2, 0.25) is 0 Å². The van der Waals surface area contributed by atoms with Gasteiger partial charge in [-0.05, 0) is 18.6 Å². The molecule has 5 nitrogen and oxygen atoms in total. The number of nitrogens with one attached hydrogen (secondary N) is 2. The van der Waals surface area contributed by atoms with E-state index in [0.717, 1.165) is 0 Å². The molecule has 0 aliphatic heterocycles. The number of amides is 2. The van der Waals surface area contributed by atoms with Gasteiger partial charge in [0, 0.05) is 13.2 Å². The normalized spacial score (nSPS) is 9.56. The molecule has 0 aliphatic carbocycles. The van der Waals surface area contributed by atoms with Crippen molar-refractivity contribution in [2.45, 2.75) is 6.42 Å². The van der Waals surface area contributed by atoms with Crippen LogP contribution in [0.15, 0.2) is 30.3 Å². The van der Waals surface area contributed by atoms with Crippen LogP contribution < -0.4 is 15.4 Å². The third-order valence-electron chi connectivity index (χ3n) is 1.84. The summed E-state index contributed by atoms with van der Waals surface area (Å²) in [6.45, 7) is 0.642. The average Bonchev–Trinajstić information content (AvgIpc) is 2.31. The van der Waals surface area contributed by atoms with Gasteiger partial charge < -0.3 is 20.5 Å². The summed E-state index contributed by atoms with van der Waals surface area (Å²) in [5.41, 5.74) is 0. The van der Waals surface area contributed by atoms with Gasteiger partial charge in [0.15, 0.2) is 6.73 Å². The van der Waals surface area contributed by atoms with Crippen molar-refractivity contribution >= 4 is 6.03 Å². The van der Waals surface area contributed by atoms with Crippen molar-refractivity contribution in [3.05, 3.63) is 30.3 Å². The molecule has 0 heterocycles. The summed E-state index contributed by atoms with van der Waals surface area (Å²) < 4.78 is 5.26. The Morgan fingerprint density at radius 3 is 2.69 bits per heavy atom. The molecule has 88 valence electrons. The number of carbonyl (C=O) groups is 1. The van der Waals surface area contributed by atoms with E-state index in [1.807, 2.05) is 30.3 Å². The molecule has 0 aliphatic rings. The topological polar surface area (TPSA) is 70.6 Å². The molecule has 1 aromatic carbocycles. The molecule has 3 N–H and O–H groups in total. The molecule has 16 heavy (non-hydrogen) atoms. The minimum atomic E-state index is -0.301. The first-order valence-electron chi connectivity index (χ1n) is 5.13. The summed E-state index contributed by atoms with van der Waals surface area (Å²) in [7, 11) is 0. The van der Waals surface area contributed by atoms with E-state index in [4.69, 9.17) is 9.84 Å². The maximum absolute atomic E-state index is 11.1. The number of aliphatic hydroxyl groups is 1. The summed E-state index contributed by atoms with van der Waals surface area (Å²) in [5.74, 6) is 0.707. The van der Waals surface area contributed by atoms with Crippen LogP contribution in [-0.2, 0) is 0 Å². The van der Waals surface area contributed by atoms with Crippen molar-refractivity contribution in [2.75, 3.05) is 19.9 Å². The first kappa shape index (κ1) is 12.3. The fraction of sp³-hybridized carbons (Fsp3) is 0.364. The molecule has 0 radical (unpaired) electrons. The molecular formula is C11H16N2O3. The number of hydrogen-bond donors (Lipinski definition) is 3. The summed E-state index contributed by atoms with van der Waals surface area (Å²) in [6, 6.07) is 8.93. The second-order valence-electron chi connectivity index (χ2n) is 3.11. The number of urea groups is 1. The summed E-state index contributed by atoms with van der Waals surface area (Å²) in [5, 5.41) is 13.6. The second-order valence-corrected chi connectivity index (χ2v) is 3.11. The Hall–Kier alpha value is -1.75. The molecule has 0 aromatic heterocycles. The van der Waals surface area contributed by atoms with Crippen LogP contribution in [0.4, 0.5) is 4.79 Å². The van der Waals surface area contributed by atoms with Crippen LogP contribution in [0, 0.1) is 0 Å². The van der Waals surface area contributed by atoms with E-state index in [1.165, 1.54) is 0 Å². The Kier molecular flexibility index (Phi) is 5.80. The van der Waals surface area contributed by atoms with E-state index < -0.39 is 0 Å². The van der Waals surface area contributed by atoms with Gasteiger partial charge in [0.1, 0.15) is 5.75 Å². The minimum absolute atomic E-state index is 0.0702. The lowest BCUT2D eigenvalue weighted by Crippen LogP contribution is -2.38. The number of hydrogen-bond acceptors (Lipinski definition) is 3. The van der Waals surface area contributed by atoms with Crippen LogP contribution in [0.3, 0.4) is 0 Å². The molecule has 1 rings (SSSR count). The Balaban J connectivity index is 2.09. The van der Waals surface area contributed by atoms with Crippen molar-refractivity contribution in [1.29, 1.82) is 0 Å². The van der Waals surface area contributed by atoms with Gasteiger partial charge >= 0.3 is 6.03 Å². The van der Waals surface area contributed by atoms with Gasteiger partial charge in [0.05, 0.1) is 0 Å². The fourth-order valence-electron chi connectivity index (χ4n) is 1.05. The third-order valence-corrected chi connectivity index (χ3v) is 1.84. The van der Waals surface area contributed by atoms with Crippen LogP contribution in [-0.4, -0.2) is 31.0 Å². The third kappa shape index (κ3) is 5.21. The monoisotopic (exact) mass is 224 g/mol. The first-order chi connectivity index (χ1) is 7.83. The lowest BCUT2D eigenvalue weighted by atomic mass is 10.3. The lowest BCUT2D eigenvalue weighted by molar-refractivity contribution is 0.222. The zero-order valence-electron chi connectivity index (χ0n) is 8.98. The van der Waals surface area contributed by atoms with Crippen LogP contribution in [0.2, 0.25) is 0 Å². The van der Waals surface area contributed by atoms with Crippen molar-refractivity contribution in [3.63, 3.8) is 0 Å².